The van der Waals surface area contributed by atoms with E-state index in [2.05, 4.69) is 28.5 Å². The number of nitrogens with one attached hydrogen (secondary N) is 1. The van der Waals surface area contributed by atoms with Crippen LogP contribution in [0.15, 0.2) is 59.0 Å². The van der Waals surface area contributed by atoms with Crippen molar-refractivity contribution in [1.82, 2.24) is 4.98 Å². The first-order chi connectivity index (χ1) is 11.3. The second-order valence-electron chi connectivity index (χ2n) is 5.00. The third-order valence-electron chi connectivity index (χ3n) is 3.42. The predicted octanol–water partition coefficient (Wildman–Crippen LogP) is 4.57. The van der Waals surface area contributed by atoms with Crippen LogP contribution in [0.3, 0.4) is 0 Å². The largest absolute Gasteiger partial charge is 0.497 e. The van der Waals surface area contributed by atoms with Crippen LogP contribution in [0, 0.1) is 6.92 Å². The van der Waals surface area contributed by atoms with Crippen LogP contribution in [0.25, 0.3) is 11.3 Å². The van der Waals surface area contributed by atoms with Gasteiger partial charge in [0.05, 0.1) is 19.0 Å². The Hall–Kier alpha value is -2.66. The van der Waals surface area contributed by atoms with Gasteiger partial charge in [0, 0.05) is 10.9 Å². The molecule has 2 aromatic carbocycles. The molecule has 0 spiro atoms. The summed E-state index contributed by atoms with van der Waals surface area (Å²) in [7, 11) is 1.66. The van der Waals surface area contributed by atoms with E-state index in [0.29, 0.717) is 0 Å². The van der Waals surface area contributed by atoms with Gasteiger partial charge in [-0.25, -0.2) is 4.98 Å². The van der Waals surface area contributed by atoms with Gasteiger partial charge in [-0.05, 0) is 30.2 Å². The van der Waals surface area contributed by atoms with Crippen molar-refractivity contribution in [3.63, 3.8) is 0 Å². The van der Waals surface area contributed by atoms with Crippen LogP contribution in [0.2, 0.25) is 0 Å². The summed E-state index contributed by atoms with van der Waals surface area (Å²) >= 11 is 1.52. The van der Waals surface area contributed by atoms with Crippen LogP contribution in [-0.2, 0) is 0 Å². The van der Waals surface area contributed by atoms with Gasteiger partial charge in [-0.1, -0.05) is 36.4 Å². The molecule has 0 bridgehead atoms. The Bertz CT molecular complexity index is 826. The summed E-state index contributed by atoms with van der Waals surface area (Å²) in [5.41, 5.74) is 7.19. The van der Waals surface area contributed by atoms with Gasteiger partial charge < -0.3 is 4.74 Å². The highest BCUT2D eigenvalue weighted by molar-refractivity contribution is 7.14. The van der Waals surface area contributed by atoms with E-state index in [-0.39, 0.29) is 0 Å². The third-order valence-corrected chi connectivity index (χ3v) is 4.17. The number of thiazole rings is 1. The molecular formula is C18H17N3OS. The Labute approximate surface area is 139 Å². The number of ether oxygens (including phenoxy) is 1. The van der Waals surface area contributed by atoms with Gasteiger partial charge in [0.15, 0.2) is 0 Å². The average Bonchev–Trinajstić information content (AvgIpc) is 3.06. The van der Waals surface area contributed by atoms with Crippen molar-refractivity contribution < 1.29 is 4.74 Å². The number of nitrogens with zero attached hydrogens (tertiary/aromatic N) is 2. The summed E-state index contributed by atoms with van der Waals surface area (Å²) in [5.74, 6) is 0.822. The summed E-state index contributed by atoms with van der Waals surface area (Å²) in [6.07, 6.45) is 1.81. The Morgan fingerprint density at radius 1 is 1.17 bits per heavy atom. The molecule has 5 heteroatoms. The number of rotatable bonds is 5. The molecule has 0 amide bonds. The number of benzene rings is 2. The fourth-order valence-electron chi connectivity index (χ4n) is 2.13. The minimum absolute atomic E-state index is 0.757. The lowest BCUT2D eigenvalue weighted by Gasteiger charge is -2.01. The number of anilines is 1. The minimum Gasteiger partial charge on any atom is -0.497 e. The molecule has 0 atom stereocenters. The highest BCUT2D eigenvalue weighted by atomic mass is 32.1. The molecule has 1 aromatic heterocycles. The van der Waals surface area contributed by atoms with Crippen molar-refractivity contribution in [3.8, 4) is 17.0 Å². The summed E-state index contributed by atoms with van der Waals surface area (Å²) in [5, 5.41) is 7.02. The first-order valence-electron chi connectivity index (χ1n) is 7.21. The van der Waals surface area contributed by atoms with Gasteiger partial charge in [-0.2, -0.15) is 5.10 Å². The van der Waals surface area contributed by atoms with E-state index in [1.54, 1.807) is 7.11 Å². The molecule has 0 aliphatic rings. The molecule has 116 valence electrons. The number of aryl methyl sites for hydroxylation is 1. The molecule has 0 fully saturated rings. The monoisotopic (exact) mass is 323 g/mol. The number of hydrazone groups is 1. The maximum atomic E-state index is 5.24. The average molecular weight is 323 g/mol. The van der Waals surface area contributed by atoms with Gasteiger partial charge in [0.1, 0.15) is 5.75 Å². The third kappa shape index (κ3) is 3.76. The second-order valence-corrected chi connectivity index (χ2v) is 5.85. The zero-order valence-electron chi connectivity index (χ0n) is 13.0. The first-order valence-corrected chi connectivity index (χ1v) is 8.09. The number of methoxy groups -OCH3 is 1. The van der Waals surface area contributed by atoms with Crippen LogP contribution in [0.5, 0.6) is 5.75 Å². The van der Waals surface area contributed by atoms with E-state index >= 15 is 0 Å². The lowest BCUT2D eigenvalue weighted by atomic mass is 10.1. The SMILES string of the molecule is COc1cccc(-c2csc(N/N=C\c3ccccc3C)n2)c1. The first kappa shape index (κ1) is 15.2. The molecular weight excluding hydrogens is 306 g/mol. The van der Waals surface area contributed by atoms with Crippen LogP contribution in [0.4, 0.5) is 5.13 Å². The molecule has 23 heavy (non-hydrogen) atoms. The maximum absolute atomic E-state index is 5.24. The lowest BCUT2D eigenvalue weighted by molar-refractivity contribution is 0.415. The Morgan fingerprint density at radius 2 is 2.04 bits per heavy atom. The smallest absolute Gasteiger partial charge is 0.203 e. The fraction of sp³-hybridized carbons (Fsp3) is 0.111. The Morgan fingerprint density at radius 3 is 2.87 bits per heavy atom. The number of hydrogen-bond donors (Lipinski definition) is 1. The van der Waals surface area contributed by atoms with Gasteiger partial charge in [0.2, 0.25) is 5.13 Å². The molecule has 1 N–H and O–H groups in total. The standard InChI is InChI=1S/C18H17N3OS/c1-13-6-3-4-7-15(13)11-19-21-18-20-17(12-23-18)14-8-5-9-16(10-14)22-2/h3-12H,1-2H3,(H,20,21)/b19-11-. The number of aromatic nitrogens is 1. The molecule has 0 saturated heterocycles. The molecule has 0 aliphatic heterocycles. The normalized spacial score (nSPS) is 10.9. The van der Waals surface area contributed by atoms with E-state index in [1.165, 1.54) is 16.9 Å². The van der Waals surface area contributed by atoms with Crippen LogP contribution >= 0.6 is 11.3 Å². The van der Waals surface area contributed by atoms with E-state index in [0.717, 1.165) is 27.7 Å². The lowest BCUT2D eigenvalue weighted by Crippen LogP contribution is -1.92. The zero-order valence-corrected chi connectivity index (χ0v) is 13.8. The molecule has 3 aromatic rings. The van der Waals surface area contributed by atoms with Crippen molar-refractivity contribution in [2.24, 2.45) is 5.10 Å². The van der Waals surface area contributed by atoms with Crippen molar-refractivity contribution in [2.75, 3.05) is 12.5 Å². The molecule has 0 unspecified atom stereocenters. The summed E-state index contributed by atoms with van der Waals surface area (Å²) in [6, 6.07) is 16.0. The highest BCUT2D eigenvalue weighted by Crippen LogP contribution is 2.27. The molecule has 1 heterocycles. The molecule has 4 nitrogen and oxygen atoms in total. The predicted molar refractivity (Wildman–Crippen MR) is 96.5 cm³/mol. The molecule has 0 saturated carbocycles. The van der Waals surface area contributed by atoms with Crippen LogP contribution in [0.1, 0.15) is 11.1 Å². The van der Waals surface area contributed by atoms with Gasteiger partial charge in [-0.3, -0.25) is 5.43 Å². The molecule has 0 radical (unpaired) electrons. The summed E-state index contributed by atoms with van der Waals surface area (Å²) in [6.45, 7) is 2.06. The molecule has 0 aliphatic carbocycles. The van der Waals surface area contributed by atoms with E-state index < -0.39 is 0 Å². The number of hydrogen-bond acceptors (Lipinski definition) is 5. The quantitative estimate of drug-likeness (QED) is 0.552. The van der Waals surface area contributed by atoms with Crippen molar-refractivity contribution >= 4 is 22.7 Å². The second kappa shape index (κ2) is 7.07. The van der Waals surface area contributed by atoms with Gasteiger partial charge in [-0.15, -0.1) is 11.3 Å². The van der Waals surface area contributed by atoms with Gasteiger partial charge in [0.25, 0.3) is 0 Å². The van der Waals surface area contributed by atoms with Crippen molar-refractivity contribution in [1.29, 1.82) is 0 Å². The summed E-state index contributed by atoms with van der Waals surface area (Å²) in [4.78, 5) is 4.55. The van der Waals surface area contributed by atoms with Crippen LogP contribution < -0.4 is 10.2 Å². The van der Waals surface area contributed by atoms with Crippen molar-refractivity contribution in [3.05, 3.63) is 65.0 Å². The maximum Gasteiger partial charge on any atom is 0.203 e. The minimum atomic E-state index is 0.757. The van der Waals surface area contributed by atoms with E-state index in [9.17, 15) is 0 Å². The Kier molecular flexibility index (Phi) is 4.68. The topological polar surface area (TPSA) is 46.5 Å². The fourth-order valence-corrected chi connectivity index (χ4v) is 2.80. The van der Waals surface area contributed by atoms with E-state index in [1.807, 2.05) is 54.1 Å². The van der Waals surface area contributed by atoms with Gasteiger partial charge >= 0.3 is 0 Å². The molecule has 3 rings (SSSR count). The van der Waals surface area contributed by atoms with E-state index in [4.69, 9.17) is 4.74 Å². The Balaban J connectivity index is 1.71. The van der Waals surface area contributed by atoms with Crippen LogP contribution in [-0.4, -0.2) is 18.3 Å². The zero-order chi connectivity index (χ0) is 16.1. The van der Waals surface area contributed by atoms with Crippen molar-refractivity contribution in [2.45, 2.75) is 6.92 Å². The summed E-state index contributed by atoms with van der Waals surface area (Å²) < 4.78 is 5.24. The highest BCUT2D eigenvalue weighted by Gasteiger charge is 2.05.